The molecule has 4 heteroatoms. The van der Waals surface area contributed by atoms with Crippen molar-refractivity contribution in [2.75, 3.05) is 24.5 Å². The molecule has 100 valence electrons. The zero-order valence-electron chi connectivity index (χ0n) is 11.7. The van der Waals surface area contributed by atoms with E-state index in [2.05, 4.69) is 34.0 Å². The number of piperidine rings is 1. The molecule has 1 fully saturated rings. The number of rotatable bonds is 4. The Balaban J connectivity index is 2.07. The first-order valence-corrected chi connectivity index (χ1v) is 6.94. The van der Waals surface area contributed by atoms with E-state index in [-0.39, 0.29) is 0 Å². The SMILES string of the molecule is Cc1ccnc(N(CC2CCNCC2)C(C)C)n1. The molecule has 2 rings (SSSR count). The van der Waals surface area contributed by atoms with Gasteiger partial charge in [-0.3, -0.25) is 0 Å². The van der Waals surface area contributed by atoms with Gasteiger partial charge in [0.05, 0.1) is 0 Å². The quantitative estimate of drug-likeness (QED) is 0.885. The van der Waals surface area contributed by atoms with E-state index in [9.17, 15) is 0 Å². The van der Waals surface area contributed by atoms with Crippen LogP contribution < -0.4 is 10.2 Å². The zero-order valence-corrected chi connectivity index (χ0v) is 11.7. The van der Waals surface area contributed by atoms with Gasteiger partial charge in [0.15, 0.2) is 0 Å². The summed E-state index contributed by atoms with van der Waals surface area (Å²) in [5, 5.41) is 3.42. The molecule has 0 bridgehead atoms. The average Bonchev–Trinajstić information content (AvgIpc) is 2.37. The molecule has 1 saturated heterocycles. The van der Waals surface area contributed by atoms with Crippen LogP contribution in [0, 0.1) is 12.8 Å². The maximum Gasteiger partial charge on any atom is 0.225 e. The molecule has 1 aliphatic heterocycles. The van der Waals surface area contributed by atoms with Crippen LogP contribution in [0.5, 0.6) is 0 Å². The van der Waals surface area contributed by atoms with Crippen LogP contribution in [0.15, 0.2) is 12.3 Å². The third-order valence-electron chi connectivity index (χ3n) is 3.58. The van der Waals surface area contributed by atoms with Crippen molar-refractivity contribution in [2.45, 2.75) is 39.7 Å². The van der Waals surface area contributed by atoms with Crippen molar-refractivity contribution in [3.05, 3.63) is 18.0 Å². The Morgan fingerprint density at radius 2 is 2.11 bits per heavy atom. The fraction of sp³-hybridized carbons (Fsp3) is 0.714. The second-order valence-corrected chi connectivity index (χ2v) is 5.44. The van der Waals surface area contributed by atoms with E-state index < -0.39 is 0 Å². The van der Waals surface area contributed by atoms with Crippen LogP contribution in [0.2, 0.25) is 0 Å². The predicted octanol–water partition coefficient (Wildman–Crippen LogP) is 2.00. The van der Waals surface area contributed by atoms with Crippen LogP contribution in [0.3, 0.4) is 0 Å². The van der Waals surface area contributed by atoms with E-state index in [1.807, 2.05) is 19.2 Å². The lowest BCUT2D eigenvalue weighted by atomic mass is 9.97. The van der Waals surface area contributed by atoms with E-state index >= 15 is 0 Å². The Hall–Kier alpha value is -1.16. The molecule has 1 aromatic heterocycles. The monoisotopic (exact) mass is 248 g/mol. The number of nitrogens with zero attached hydrogens (tertiary/aromatic N) is 3. The van der Waals surface area contributed by atoms with E-state index in [0.717, 1.165) is 37.2 Å². The highest BCUT2D eigenvalue weighted by Crippen LogP contribution is 2.19. The fourth-order valence-electron chi connectivity index (χ4n) is 2.44. The maximum absolute atomic E-state index is 4.56. The first-order chi connectivity index (χ1) is 8.66. The summed E-state index contributed by atoms with van der Waals surface area (Å²) in [6.07, 6.45) is 4.37. The molecular weight excluding hydrogens is 224 g/mol. The molecule has 2 heterocycles. The lowest BCUT2D eigenvalue weighted by Crippen LogP contribution is -2.40. The maximum atomic E-state index is 4.56. The number of aromatic nitrogens is 2. The zero-order chi connectivity index (χ0) is 13.0. The Morgan fingerprint density at radius 1 is 1.39 bits per heavy atom. The first-order valence-electron chi connectivity index (χ1n) is 6.94. The number of aryl methyl sites for hydroxylation is 1. The summed E-state index contributed by atoms with van der Waals surface area (Å²) < 4.78 is 0. The summed E-state index contributed by atoms with van der Waals surface area (Å²) in [4.78, 5) is 11.3. The second kappa shape index (κ2) is 6.14. The molecule has 0 radical (unpaired) electrons. The van der Waals surface area contributed by atoms with Crippen LogP contribution in [-0.4, -0.2) is 35.6 Å². The summed E-state index contributed by atoms with van der Waals surface area (Å²) in [7, 11) is 0. The van der Waals surface area contributed by atoms with Crippen LogP contribution in [0.4, 0.5) is 5.95 Å². The second-order valence-electron chi connectivity index (χ2n) is 5.44. The standard InChI is InChI=1S/C14H24N4/c1-11(2)18(10-13-5-7-15-8-6-13)14-16-9-4-12(3)17-14/h4,9,11,13,15H,5-8,10H2,1-3H3. The van der Waals surface area contributed by atoms with Gasteiger partial charge < -0.3 is 10.2 Å². The lowest BCUT2D eigenvalue weighted by molar-refractivity contribution is 0.366. The largest absolute Gasteiger partial charge is 0.338 e. The topological polar surface area (TPSA) is 41.1 Å². The molecule has 18 heavy (non-hydrogen) atoms. The van der Waals surface area contributed by atoms with E-state index in [1.54, 1.807) is 0 Å². The van der Waals surface area contributed by atoms with Crippen LogP contribution in [0.25, 0.3) is 0 Å². The highest BCUT2D eigenvalue weighted by Gasteiger charge is 2.20. The number of nitrogens with one attached hydrogen (secondary N) is 1. The van der Waals surface area contributed by atoms with Gasteiger partial charge in [-0.15, -0.1) is 0 Å². The minimum atomic E-state index is 0.446. The molecule has 0 amide bonds. The van der Waals surface area contributed by atoms with E-state index in [4.69, 9.17) is 0 Å². The molecule has 4 nitrogen and oxygen atoms in total. The van der Waals surface area contributed by atoms with Gasteiger partial charge in [-0.05, 0) is 58.7 Å². The molecule has 0 saturated carbocycles. The Labute approximate surface area is 110 Å². The normalized spacial score (nSPS) is 17.1. The summed E-state index contributed by atoms with van der Waals surface area (Å²) in [5.74, 6) is 1.64. The average molecular weight is 248 g/mol. The molecular formula is C14H24N4. The molecule has 0 spiro atoms. The summed E-state index contributed by atoms with van der Waals surface area (Å²) in [5.41, 5.74) is 1.04. The smallest absolute Gasteiger partial charge is 0.225 e. The summed E-state index contributed by atoms with van der Waals surface area (Å²) in [6, 6.07) is 2.40. The van der Waals surface area contributed by atoms with Gasteiger partial charge in [0, 0.05) is 24.5 Å². The van der Waals surface area contributed by atoms with Crippen LogP contribution >= 0.6 is 0 Å². The summed E-state index contributed by atoms with van der Waals surface area (Å²) in [6.45, 7) is 9.81. The highest BCUT2D eigenvalue weighted by molar-refractivity contribution is 5.31. The minimum Gasteiger partial charge on any atom is -0.338 e. The number of hydrogen-bond acceptors (Lipinski definition) is 4. The van der Waals surface area contributed by atoms with Gasteiger partial charge in [0.2, 0.25) is 5.95 Å². The molecule has 1 N–H and O–H groups in total. The summed E-state index contributed by atoms with van der Waals surface area (Å²) >= 11 is 0. The highest BCUT2D eigenvalue weighted by atomic mass is 15.3. The van der Waals surface area contributed by atoms with Crippen LogP contribution in [0.1, 0.15) is 32.4 Å². The van der Waals surface area contributed by atoms with Gasteiger partial charge in [0.25, 0.3) is 0 Å². The Morgan fingerprint density at radius 3 is 2.72 bits per heavy atom. The van der Waals surface area contributed by atoms with Crippen molar-refractivity contribution in [2.24, 2.45) is 5.92 Å². The molecule has 0 unspecified atom stereocenters. The van der Waals surface area contributed by atoms with E-state index in [0.29, 0.717) is 6.04 Å². The van der Waals surface area contributed by atoms with Gasteiger partial charge in [-0.2, -0.15) is 0 Å². The first kappa shape index (κ1) is 13.3. The van der Waals surface area contributed by atoms with Crippen molar-refractivity contribution in [1.29, 1.82) is 0 Å². The molecule has 1 aromatic rings. The lowest BCUT2D eigenvalue weighted by Gasteiger charge is -2.32. The Kier molecular flexibility index (Phi) is 4.53. The molecule has 0 aromatic carbocycles. The van der Waals surface area contributed by atoms with Crippen molar-refractivity contribution < 1.29 is 0 Å². The molecule has 1 aliphatic rings. The van der Waals surface area contributed by atoms with Gasteiger partial charge in [0.1, 0.15) is 0 Å². The van der Waals surface area contributed by atoms with Crippen molar-refractivity contribution in [3.8, 4) is 0 Å². The number of hydrogen-bond donors (Lipinski definition) is 1. The molecule has 0 aliphatic carbocycles. The van der Waals surface area contributed by atoms with Crippen molar-refractivity contribution in [3.63, 3.8) is 0 Å². The minimum absolute atomic E-state index is 0.446. The number of anilines is 1. The van der Waals surface area contributed by atoms with Gasteiger partial charge >= 0.3 is 0 Å². The van der Waals surface area contributed by atoms with E-state index in [1.165, 1.54) is 12.8 Å². The van der Waals surface area contributed by atoms with Crippen molar-refractivity contribution >= 4 is 5.95 Å². The fourth-order valence-corrected chi connectivity index (χ4v) is 2.44. The third kappa shape index (κ3) is 3.42. The molecule has 0 atom stereocenters. The third-order valence-corrected chi connectivity index (χ3v) is 3.58. The van der Waals surface area contributed by atoms with Crippen LogP contribution in [-0.2, 0) is 0 Å². The van der Waals surface area contributed by atoms with Gasteiger partial charge in [-0.25, -0.2) is 9.97 Å². The van der Waals surface area contributed by atoms with Crippen molar-refractivity contribution in [1.82, 2.24) is 15.3 Å². The Bertz CT molecular complexity index is 372. The van der Waals surface area contributed by atoms with Gasteiger partial charge in [-0.1, -0.05) is 0 Å². The predicted molar refractivity (Wildman–Crippen MR) is 74.8 cm³/mol.